The SMILES string of the molecule is CC(C)(C)OC(=O)NC1CCC(C[NH3+])CC1. The van der Waals surface area contributed by atoms with Gasteiger partial charge in [0.15, 0.2) is 0 Å². The van der Waals surface area contributed by atoms with E-state index in [0.29, 0.717) is 0 Å². The van der Waals surface area contributed by atoms with Gasteiger partial charge in [-0.1, -0.05) is 0 Å². The molecule has 0 unspecified atom stereocenters. The molecule has 1 fully saturated rings. The summed E-state index contributed by atoms with van der Waals surface area (Å²) in [5.74, 6) is 0.747. The van der Waals surface area contributed by atoms with Crippen LogP contribution in [0, 0.1) is 5.92 Å². The third-order valence-electron chi connectivity index (χ3n) is 2.98. The first-order valence-corrected chi connectivity index (χ1v) is 6.19. The fourth-order valence-electron chi connectivity index (χ4n) is 2.07. The maximum atomic E-state index is 11.5. The predicted octanol–water partition coefficient (Wildman–Crippen LogP) is 1.31. The maximum Gasteiger partial charge on any atom is 0.407 e. The van der Waals surface area contributed by atoms with E-state index in [1.54, 1.807) is 0 Å². The molecule has 0 aromatic rings. The Morgan fingerprint density at radius 1 is 1.31 bits per heavy atom. The van der Waals surface area contributed by atoms with Crippen molar-refractivity contribution in [3.05, 3.63) is 0 Å². The van der Waals surface area contributed by atoms with Gasteiger partial charge in [0.05, 0.1) is 6.54 Å². The monoisotopic (exact) mass is 229 g/mol. The average Bonchev–Trinajstić information content (AvgIpc) is 2.16. The van der Waals surface area contributed by atoms with E-state index in [0.717, 1.165) is 25.3 Å². The highest BCUT2D eigenvalue weighted by Crippen LogP contribution is 2.23. The molecule has 0 aromatic heterocycles. The predicted molar refractivity (Wildman–Crippen MR) is 62.9 cm³/mol. The van der Waals surface area contributed by atoms with Crippen LogP contribution < -0.4 is 11.1 Å². The van der Waals surface area contributed by atoms with Crippen LogP contribution in [0.3, 0.4) is 0 Å². The van der Waals surface area contributed by atoms with Crippen molar-refractivity contribution in [2.24, 2.45) is 5.92 Å². The molecule has 4 nitrogen and oxygen atoms in total. The Hall–Kier alpha value is -0.770. The van der Waals surface area contributed by atoms with Crippen LogP contribution in [0.5, 0.6) is 0 Å². The van der Waals surface area contributed by atoms with Gasteiger partial charge in [0.1, 0.15) is 5.60 Å². The zero-order valence-corrected chi connectivity index (χ0v) is 10.7. The summed E-state index contributed by atoms with van der Waals surface area (Å²) < 4.78 is 5.23. The summed E-state index contributed by atoms with van der Waals surface area (Å²) >= 11 is 0. The van der Waals surface area contributed by atoms with Crippen LogP contribution in [0.25, 0.3) is 0 Å². The summed E-state index contributed by atoms with van der Waals surface area (Å²) in [7, 11) is 0. The molecule has 1 aliphatic carbocycles. The van der Waals surface area contributed by atoms with E-state index >= 15 is 0 Å². The first kappa shape index (κ1) is 13.3. The molecule has 1 amide bonds. The van der Waals surface area contributed by atoms with Gasteiger partial charge < -0.3 is 15.8 Å². The van der Waals surface area contributed by atoms with Crippen molar-refractivity contribution in [2.75, 3.05) is 6.54 Å². The lowest BCUT2D eigenvalue weighted by molar-refractivity contribution is -0.380. The number of ether oxygens (including phenoxy) is 1. The maximum absolute atomic E-state index is 11.5. The second-order valence-electron chi connectivity index (χ2n) is 5.65. The first-order valence-electron chi connectivity index (χ1n) is 6.19. The highest BCUT2D eigenvalue weighted by molar-refractivity contribution is 5.68. The van der Waals surface area contributed by atoms with Gasteiger partial charge in [-0.3, -0.25) is 0 Å². The van der Waals surface area contributed by atoms with Crippen molar-refractivity contribution in [1.29, 1.82) is 0 Å². The summed E-state index contributed by atoms with van der Waals surface area (Å²) in [4.78, 5) is 11.5. The van der Waals surface area contributed by atoms with Crippen molar-refractivity contribution >= 4 is 6.09 Å². The van der Waals surface area contributed by atoms with E-state index in [-0.39, 0.29) is 12.1 Å². The molecule has 0 atom stereocenters. The van der Waals surface area contributed by atoms with E-state index in [2.05, 4.69) is 11.1 Å². The number of hydrogen-bond acceptors (Lipinski definition) is 2. The molecule has 0 aromatic carbocycles. The highest BCUT2D eigenvalue weighted by Gasteiger charge is 2.24. The number of alkyl carbamates (subject to hydrolysis) is 1. The zero-order chi connectivity index (χ0) is 12.2. The Balaban J connectivity index is 2.26. The number of carbonyl (C=O) groups is 1. The van der Waals surface area contributed by atoms with Crippen LogP contribution in [0.2, 0.25) is 0 Å². The topological polar surface area (TPSA) is 66.0 Å². The normalized spacial score (nSPS) is 26.2. The lowest BCUT2D eigenvalue weighted by Gasteiger charge is -2.28. The highest BCUT2D eigenvalue weighted by atomic mass is 16.6. The standard InChI is InChI=1S/C12H24N2O2/c1-12(2,3)16-11(15)14-10-6-4-9(8-13)5-7-10/h9-10H,4-8,13H2,1-3H3,(H,14,15)/p+1. The molecular formula is C12H25N2O2+. The summed E-state index contributed by atoms with van der Waals surface area (Å²) in [5.41, 5.74) is 3.52. The van der Waals surface area contributed by atoms with Crippen molar-refractivity contribution in [3.8, 4) is 0 Å². The van der Waals surface area contributed by atoms with Gasteiger partial charge in [-0.25, -0.2) is 4.79 Å². The zero-order valence-electron chi connectivity index (χ0n) is 10.7. The van der Waals surface area contributed by atoms with E-state index in [4.69, 9.17) is 4.74 Å². The molecule has 94 valence electrons. The Kier molecular flexibility index (Phi) is 4.59. The van der Waals surface area contributed by atoms with Gasteiger partial charge in [-0.05, 0) is 46.5 Å². The Morgan fingerprint density at radius 2 is 1.88 bits per heavy atom. The molecule has 0 heterocycles. The van der Waals surface area contributed by atoms with Gasteiger partial charge in [0, 0.05) is 12.0 Å². The summed E-state index contributed by atoms with van der Waals surface area (Å²) in [6.45, 7) is 6.66. The molecule has 0 bridgehead atoms. The van der Waals surface area contributed by atoms with Crippen molar-refractivity contribution in [1.82, 2.24) is 5.32 Å². The second kappa shape index (κ2) is 5.53. The molecule has 16 heavy (non-hydrogen) atoms. The Bertz CT molecular complexity index is 228. The van der Waals surface area contributed by atoms with Crippen LogP contribution in [0.15, 0.2) is 0 Å². The van der Waals surface area contributed by atoms with E-state index in [9.17, 15) is 4.79 Å². The second-order valence-corrected chi connectivity index (χ2v) is 5.65. The molecule has 0 saturated heterocycles. The van der Waals surface area contributed by atoms with Gasteiger partial charge in [0.2, 0.25) is 0 Å². The largest absolute Gasteiger partial charge is 0.444 e. The summed E-state index contributed by atoms with van der Waals surface area (Å²) in [5, 5.41) is 2.94. The smallest absolute Gasteiger partial charge is 0.407 e. The summed E-state index contributed by atoms with van der Waals surface area (Å²) in [6.07, 6.45) is 4.16. The molecule has 4 N–H and O–H groups in total. The lowest BCUT2D eigenvalue weighted by Crippen LogP contribution is -2.54. The van der Waals surface area contributed by atoms with E-state index < -0.39 is 5.60 Å². The minimum atomic E-state index is -0.408. The van der Waals surface area contributed by atoms with Crippen LogP contribution in [-0.2, 0) is 4.74 Å². The molecule has 0 radical (unpaired) electrons. The van der Waals surface area contributed by atoms with Gasteiger partial charge in [-0.2, -0.15) is 0 Å². The van der Waals surface area contributed by atoms with Crippen molar-refractivity contribution in [2.45, 2.75) is 58.1 Å². The minimum Gasteiger partial charge on any atom is -0.444 e. The summed E-state index contributed by atoms with van der Waals surface area (Å²) in [6, 6.07) is 0.289. The Morgan fingerprint density at radius 3 is 2.31 bits per heavy atom. The van der Waals surface area contributed by atoms with Gasteiger partial charge >= 0.3 is 6.09 Å². The molecule has 4 heteroatoms. The quantitative estimate of drug-likeness (QED) is 0.750. The number of nitrogens with one attached hydrogen (secondary N) is 1. The Labute approximate surface area is 97.9 Å². The van der Waals surface area contributed by atoms with Crippen LogP contribution in [0.1, 0.15) is 46.5 Å². The van der Waals surface area contributed by atoms with Crippen molar-refractivity contribution in [3.63, 3.8) is 0 Å². The number of carbonyl (C=O) groups excluding carboxylic acids is 1. The van der Waals surface area contributed by atoms with Gasteiger partial charge in [0.25, 0.3) is 0 Å². The third-order valence-corrected chi connectivity index (χ3v) is 2.98. The lowest BCUT2D eigenvalue weighted by atomic mass is 9.86. The molecule has 1 rings (SSSR count). The van der Waals surface area contributed by atoms with Gasteiger partial charge in [-0.15, -0.1) is 0 Å². The van der Waals surface area contributed by atoms with E-state index in [1.165, 1.54) is 12.8 Å². The third kappa shape index (κ3) is 4.84. The minimum absolute atomic E-state index is 0.287. The average molecular weight is 229 g/mol. The van der Waals surface area contributed by atoms with E-state index in [1.807, 2.05) is 20.8 Å². The fourth-order valence-corrected chi connectivity index (χ4v) is 2.07. The van der Waals surface area contributed by atoms with Crippen molar-refractivity contribution < 1.29 is 15.3 Å². The van der Waals surface area contributed by atoms with Crippen LogP contribution in [-0.4, -0.2) is 24.3 Å². The fraction of sp³-hybridized carbons (Fsp3) is 0.917. The molecule has 0 spiro atoms. The number of rotatable bonds is 2. The molecule has 0 aliphatic heterocycles. The molecule has 1 saturated carbocycles. The number of hydrogen-bond donors (Lipinski definition) is 2. The number of amides is 1. The van der Waals surface area contributed by atoms with Crippen LogP contribution >= 0.6 is 0 Å². The first-order chi connectivity index (χ1) is 7.40. The van der Waals surface area contributed by atoms with Crippen LogP contribution in [0.4, 0.5) is 4.79 Å². The molecule has 1 aliphatic rings. The number of quaternary nitrogens is 1. The molecular weight excluding hydrogens is 204 g/mol.